The van der Waals surface area contributed by atoms with Gasteiger partial charge >= 0.3 is 6.16 Å². The van der Waals surface area contributed by atoms with E-state index in [-0.39, 0.29) is 17.7 Å². The Hall–Kier alpha value is -3.32. The van der Waals surface area contributed by atoms with Crippen LogP contribution in [0, 0.1) is 0 Å². The zero-order valence-electron chi connectivity index (χ0n) is 15.9. The highest BCUT2D eigenvalue weighted by molar-refractivity contribution is 6.30. The Labute approximate surface area is 177 Å². The first-order valence-corrected chi connectivity index (χ1v) is 9.96. The van der Waals surface area contributed by atoms with Crippen LogP contribution >= 0.6 is 11.6 Å². The van der Waals surface area contributed by atoms with Gasteiger partial charge in [0.2, 0.25) is 11.8 Å². The fourth-order valence-corrected chi connectivity index (χ4v) is 4.61. The van der Waals surface area contributed by atoms with Gasteiger partial charge < -0.3 is 19.3 Å². The number of hydrogen-bond donors (Lipinski definition) is 1. The molecule has 1 aromatic heterocycles. The Balaban J connectivity index is 1.38. The molecule has 0 bridgehead atoms. The zero-order valence-corrected chi connectivity index (χ0v) is 16.6. The van der Waals surface area contributed by atoms with Crippen molar-refractivity contribution in [1.82, 2.24) is 9.55 Å². The molecule has 1 aliphatic carbocycles. The van der Waals surface area contributed by atoms with Crippen LogP contribution in [0.1, 0.15) is 23.5 Å². The van der Waals surface area contributed by atoms with Crippen LogP contribution < -0.4 is 9.64 Å². The highest BCUT2D eigenvalue weighted by Gasteiger charge is 2.66. The predicted octanol–water partition coefficient (Wildman–Crippen LogP) is 4.07. The topological polar surface area (TPSA) is 84.7 Å². The number of anilines is 1. The van der Waals surface area contributed by atoms with Gasteiger partial charge in [0.25, 0.3) is 0 Å². The van der Waals surface area contributed by atoms with E-state index in [1.54, 1.807) is 4.57 Å². The minimum Gasteiger partial charge on any atom is -0.449 e. The molecule has 2 heterocycles. The number of amides is 1. The molecule has 1 amide bonds. The third-order valence-corrected chi connectivity index (χ3v) is 6.17. The fourth-order valence-electron chi connectivity index (χ4n) is 4.49. The maximum atomic E-state index is 13.5. The van der Waals surface area contributed by atoms with E-state index in [2.05, 4.69) is 9.72 Å². The van der Waals surface area contributed by atoms with Crippen molar-refractivity contribution in [1.29, 1.82) is 0 Å². The van der Waals surface area contributed by atoms with Gasteiger partial charge in [-0.1, -0.05) is 41.9 Å². The molecule has 0 saturated heterocycles. The molecule has 1 saturated carbocycles. The molecule has 8 heteroatoms. The van der Waals surface area contributed by atoms with Gasteiger partial charge in [-0.05, 0) is 35.7 Å². The number of fused-ring (bicyclic) bond motifs is 2. The van der Waals surface area contributed by atoms with Gasteiger partial charge in [0.05, 0.1) is 17.9 Å². The van der Waals surface area contributed by atoms with Crippen LogP contribution in [-0.2, 0) is 16.8 Å². The standard InChI is InChI=1S/C22H18ClN3O4/c23-15-7-5-14(6-8-15)17-11-22(17)16-3-1-2-4-18(16)26(20(22)27)10-9-25-12-19(24-13-25)30-21(28)29/h1-8,12-13,17H,9-11H2,(H,28,29)/t17-,22-/m0/s1. The predicted molar refractivity (Wildman–Crippen MR) is 110 cm³/mol. The first kappa shape index (κ1) is 18.7. The summed E-state index contributed by atoms with van der Waals surface area (Å²) in [5.74, 6) is 0.250. The monoisotopic (exact) mass is 423 g/mol. The summed E-state index contributed by atoms with van der Waals surface area (Å²) in [6.07, 6.45) is 2.37. The van der Waals surface area contributed by atoms with E-state index in [0.717, 1.165) is 23.2 Å². The molecule has 3 aromatic rings. The molecule has 1 N–H and O–H groups in total. The Bertz CT molecular complexity index is 1140. The number of halogens is 1. The summed E-state index contributed by atoms with van der Waals surface area (Å²) < 4.78 is 6.26. The molecular formula is C22H18ClN3O4. The molecule has 2 aliphatic rings. The summed E-state index contributed by atoms with van der Waals surface area (Å²) in [7, 11) is 0. The average molecular weight is 424 g/mol. The first-order chi connectivity index (χ1) is 14.5. The Morgan fingerprint density at radius 3 is 2.73 bits per heavy atom. The number of aromatic nitrogens is 2. The van der Waals surface area contributed by atoms with Gasteiger partial charge in [-0.25, -0.2) is 9.78 Å². The minimum atomic E-state index is -1.41. The van der Waals surface area contributed by atoms with Crippen LogP contribution in [0.2, 0.25) is 5.02 Å². The molecule has 1 spiro atoms. The van der Waals surface area contributed by atoms with Crippen molar-refractivity contribution >= 4 is 29.4 Å². The highest BCUT2D eigenvalue weighted by atomic mass is 35.5. The van der Waals surface area contributed by atoms with Crippen molar-refractivity contribution in [3.05, 3.63) is 77.2 Å². The molecular weight excluding hydrogens is 406 g/mol. The maximum Gasteiger partial charge on any atom is 0.512 e. The number of carbonyl (C=O) groups is 2. The zero-order chi connectivity index (χ0) is 20.9. The average Bonchev–Trinajstić information content (AvgIpc) is 3.25. The second-order valence-electron chi connectivity index (χ2n) is 7.57. The summed E-state index contributed by atoms with van der Waals surface area (Å²) in [6, 6.07) is 15.6. The molecule has 1 aliphatic heterocycles. The number of ether oxygens (including phenoxy) is 1. The lowest BCUT2D eigenvalue weighted by Crippen LogP contribution is -2.35. The summed E-state index contributed by atoms with van der Waals surface area (Å²) in [5, 5.41) is 9.37. The Kier molecular flexibility index (Phi) is 4.29. The van der Waals surface area contributed by atoms with Crippen LogP contribution in [0.15, 0.2) is 61.1 Å². The van der Waals surface area contributed by atoms with Crippen molar-refractivity contribution < 1.29 is 19.4 Å². The minimum absolute atomic E-state index is 0.0112. The molecule has 0 unspecified atom stereocenters. The van der Waals surface area contributed by atoms with E-state index >= 15 is 0 Å². The van der Waals surface area contributed by atoms with E-state index in [1.807, 2.05) is 53.4 Å². The van der Waals surface area contributed by atoms with Crippen LogP contribution in [0.4, 0.5) is 10.5 Å². The summed E-state index contributed by atoms with van der Waals surface area (Å²) in [4.78, 5) is 29.9. The molecule has 2 atom stereocenters. The first-order valence-electron chi connectivity index (χ1n) is 9.58. The van der Waals surface area contributed by atoms with Crippen LogP contribution in [0.5, 0.6) is 5.88 Å². The number of rotatable bonds is 5. The summed E-state index contributed by atoms with van der Waals surface area (Å²) in [6.45, 7) is 0.922. The van der Waals surface area contributed by atoms with Crippen molar-refractivity contribution in [3.63, 3.8) is 0 Å². The fraction of sp³-hybridized carbons (Fsp3) is 0.227. The van der Waals surface area contributed by atoms with Crippen LogP contribution in [0.3, 0.4) is 0 Å². The van der Waals surface area contributed by atoms with E-state index < -0.39 is 11.6 Å². The van der Waals surface area contributed by atoms with Gasteiger partial charge in [-0.2, -0.15) is 0 Å². The molecule has 152 valence electrons. The quantitative estimate of drug-likeness (QED) is 0.625. The maximum absolute atomic E-state index is 13.5. The third kappa shape index (κ3) is 2.93. The second kappa shape index (κ2) is 6.88. The highest BCUT2D eigenvalue weighted by Crippen LogP contribution is 2.66. The van der Waals surface area contributed by atoms with E-state index in [1.165, 1.54) is 12.5 Å². The molecule has 30 heavy (non-hydrogen) atoms. The lowest BCUT2D eigenvalue weighted by Gasteiger charge is -2.18. The molecule has 0 radical (unpaired) electrons. The lowest BCUT2D eigenvalue weighted by atomic mass is 9.92. The molecule has 1 fully saturated rings. The second-order valence-corrected chi connectivity index (χ2v) is 8.01. The van der Waals surface area contributed by atoms with Gasteiger partial charge in [0.1, 0.15) is 0 Å². The van der Waals surface area contributed by atoms with Crippen molar-refractivity contribution in [2.45, 2.75) is 24.3 Å². The molecule has 5 rings (SSSR count). The number of imidazole rings is 1. The van der Waals surface area contributed by atoms with E-state index in [4.69, 9.17) is 16.7 Å². The molecule has 7 nitrogen and oxygen atoms in total. The van der Waals surface area contributed by atoms with Crippen molar-refractivity contribution in [2.24, 2.45) is 0 Å². The normalized spacial score (nSPS) is 21.7. The number of hydrogen-bond acceptors (Lipinski definition) is 4. The summed E-state index contributed by atoms with van der Waals surface area (Å²) >= 11 is 6.03. The number of carbonyl (C=O) groups excluding carboxylic acids is 1. The van der Waals surface area contributed by atoms with E-state index in [9.17, 15) is 9.59 Å². The Morgan fingerprint density at radius 1 is 1.20 bits per heavy atom. The van der Waals surface area contributed by atoms with Crippen molar-refractivity contribution in [3.8, 4) is 5.88 Å². The lowest BCUT2D eigenvalue weighted by molar-refractivity contribution is -0.120. The molecule has 2 aromatic carbocycles. The Morgan fingerprint density at radius 2 is 1.97 bits per heavy atom. The largest absolute Gasteiger partial charge is 0.512 e. The van der Waals surface area contributed by atoms with Gasteiger partial charge in [0.15, 0.2) is 0 Å². The summed E-state index contributed by atoms with van der Waals surface area (Å²) in [5.41, 5.74) is 2.60. The SMILES string of the molecule is O=C(O)Oc1cn(CCN2C(=O)[C@@]3(C[C@H]3c3ccc(Cl)cc3)c3ccccc32)cn1. The number of nitrogens with zero attached hydrogens (tertiary/aromatic N) is 3. The van der Waals surface area contributed by atoms with Crippen LogP contribution in [0.25, 0.3) is 0 Å². The van der Waals surface area contributed by atoms with E-state index in [0.29, 0.717) is 18.1 Å². The van der Waals surface area contributed by atoms with Gasteiger partial charge in [-0.3, -0.25) is 4.79 Å². The van der Waals surface area contributed by atoms with Crippen molar-refractivity contribution in [2.75, 3.05) is 11.4 Å². The van der Waals surface area contributed by atoms with Crippen LogP contribution in [-0.4, -0.2) is 33.3 Å². The van der Waals surface area contributed by atoms with Gasteiger partial charge in [0, 0.05) is 29.7 Å². The smallest absolute Gasteiger partial charge is 0.449 e. The number of benzene rings is 2. The number of carboxylic acid groups (broad SMARTS) is 1. The number of para-hydroxylation sites is 1. The third-order valence-electron chi connectivity index (χ3n) is 5.92. The van der Waals surface area contributed by atoms with Gasteiger partial charge in [-0.15, -0.1) is 0 Å².